The van der Waals surface area contributed by atoms with Crippen molar-refractivity contribution < 1.29 is 13.5 Å². The molecule has 144 valence electrons. The van der Waals surface area contributed by atoms with Crippen molar-refractivity contribution in [3.05, 3.63) is 48.0 Å². The molecule has 1 heterocycles. The minimum Gasteiger partial charge on any atom is -0.496 e. The lowest BCUT2D eigenvalue weighted by Crippen LogP contribution is -2.38. The van der Waals surface area contributed by atoms with Crippen molar-refractivity contribution in [1.29, 1.82) is 0 Å². The summed E-state index contributed by atoms with van der Waals surface area (Å²) >= 11 is 0. The third-order valence-corrected chi connectivity index (χ3v) is 3.63. The van der Waals surface area contributed by atoms with E-state index in [0.29, 0.717) is 19.0 Å². The summed E-state index contributed by atoms with van der Waals surface area (Å²) in [6, 6.07) is 7.72. The molecule has 0 spiro atoms. The van der Waals surface area contributed by atoms with E-state index in [9.17, 15) is 8.78 Å². The predicted octanol–water partition coefficient (Wildman–Crippen LogP) is 3.50. The predicted molar refractivity (Wildman–Crippen MR) is 108 cm³/mol. The van der Waals surface area contributed by atoms with Crippen LogP contribution in [0.2, 0.25) is 0 Å². The highest BCUT2D eigenvalue weighted by atomic mass is 127. The Labute approximate surface area is 169 Å². The van der Waals surface area contributed by atoms with Crippen LogP contribution in [0.1, 0.15) is 24.9 Å². The number of para-hydroxylation sites is 1. The summed E-state index contributed by atoms with van der Waals surface area (Å²) in [6.07, 6.45) is 2.60. The van der Waals surface area contributed by atoms with Gasteiger partial charge in [-0.3, -0.25) is 4.57 Å². The molecule has 0 fully saturated rings. The van der Waals surface area contributed by atoms with Crippen LogP contribution in [0.25, 0.3) is 0 Å². The average Bonchev–Trinajstić information content (AvgIpc) is 3.07. The fourth-order valence-electron chi connectivity index (χ4n) is 2.42. The van der Waals surface area contributed by atoms with Crippen LogP contribution in [-0.2, 0) is 13.1 Å². The summed E-state index contributed by atoms with van der Waals surface area (Å²) in [5.41, 5.74) is 1.01. The van der Waals surface area contributed by atoms with Gasteiger partial charge in [0.15, 0.2) is 5.96 Å². The number of benzene rings is 1. The van der Waals surface area contributed by atoms with Crippen LogP contribution in [0.4, 0.5) is 8.78 Å². The zero-order chi connectivity index (χ0) is 18.2. The summed E-state index contributed by atoms with van der Waals surface area (Å²) in [5.74, 6) is 1.62. The van der Waals surface area contributed by atoms with E-state index in [1.54, 1.807) is 7.11 Å². The van der Waals surface area contributed by atoms with Gasteiger partial charge in [0.2, 0.25) is 0 Å². The van der Waals surface area contributed by atoms with Gasteiger partial charge in [-0.15, -0.1) is 24.0 Å². The van der Waals surface area contributed by atoms with Crippen LogP contribution in [0.5, 0.6) is 5.75 Å². The second-order valence-corrected chi connectivity index (χ2v) is 5.37. The Morgan fingerprint density at radius 3 is 2.77 bits per heavy atom. The summed E-state index contributed by atoms with van der Waals surface area (Å²) in [4.78, 5) is 10.3. The fraction of sp³-hybridized carbons (Fsp3) is 0.412. The van der Waals surface area contributed by atoms with Gasteiger partial charge in [-0.25, -0.2) is 9.98 Å². The number of nitrogens with one attached hydrogen (secondary N) is 1. The highest BCUT2D eigenvalue weighted by Gasteiger charge is 2.13. The molecule has 0 aliphatic rings. The first-order chi connectivity index (χ1) is 12.1. The van der Waals surface area contributed by atoms with Crippen molar-refractivity contribution >= 4 is 29.9 Å². The molecule has 2 rings (SSSR count). The lowest BCUT2D eigenvalue weighted by atomic mass is 10.2. The molecule has 0 aliphatic carbocycles. The Hall–Kier alpha value is -1.91. The molecule has 0 saturated heterocycles. The minimum atomic E-state index is -2.62. The number of aromatic nitrogens is 2. The molecule has 2 aromatic rings. The van der Waals surface area contributed by atoms with E-state index in [4.69, 9.17) is 4.74 Å². The van der Waals surface area contributed by atoms with Gasteiger partial charge in [0.25, 0.3) is 0 Å². The van der Waals surface area contributed by atoms with Gasteiger partial charge in [0, 0.05) is 38.1 Å². The van der Waals surface area contributed by atoms with E-state index in [1.165, 1.54) is 12.4 Å². The molecule has 6 nitrogen and oxygen atoms in total. The van der Waals surface area contributed by atoms with Gasteiger partial charge < -0.3 is 15.0 Å². The van der Waals surface area contributed by atoms with Gasteiger partial charge in [-0.2, -0.15) is 8.78 Å². The number of alkyl halides is 2. The van der Waals surface area contributed by atoms with E-state index in [-0.39, 0.29) is 36.3 Å². The quantitative estimate of drug-likeness (QED) is 0.376. The Morgan fingerprint density at radius 1 is 1.38 bits per heavy atom. The number of guanidine groups is 1. The molecule has 0 radical (unpaired) electrons. The SMILES string of the molecule is CCNC(=NCc1nccn1C(F)F)N(C)Cc1ccccc1OC.I. The number of imidazole rings is 1. The highest BCUT2D eigenvalue weighted by molar-refractivity contribution is 14.0. The van der Waals surface area contributed by atoms with Gasteiger partial charge in [0.05, 0.1) is 7.11 Å². The number of rotatable bonds is 7. The van der Waals surface area contributed by atoms with Gasteiger partial charge in [-0.05, 0) is 13.0 Å². The second-order valence-electron chi connectivity index (χ2n) is 5.37. The maximum absolute atomic E-state index is 12.9. The Kier molecular flexibility index (Phi) is 9.31. The number of aliphatic imine (C=N–C) groups is 1. The van der Waals surface area contributed by atoms with Crippen LogP contribution in [0, 0.1) is 0 Å². The minimum absolute atomic E-state index is 0. The number of ether oxygens (including phenoxy) is 1. The summed E-state index contributed by atoms with van der Waals surface area (Å²) in [6.45, 7) is 0.626. The number of nitrogens with zero attached hydrogens (tertiary/aromatic N) is 4. The largest absolute Gasteiger partial charge is 0.496 e. The average molecular weight is 479 g/mol. The van der Waals surface area contributed by atoms with Crippen molar-refractivity contribution in [1.82, 2.24) is 19.8 Å². The summed E-state index contributed by atoms with van der Waals surface area (Å²) < 4.78 is 32.0. The van der Waals surface area contributed by atoms with Crippen LogP contribution >= 0.6 is 24.0 Å². The van der Waals surface area contributed by atoms with Crippen LogP contribution in [0.15, 0.2) is 41.7 Å². The molecular formula is C17H24F2IN5O. The van der Waals surface area contributed by atoms with Crippen molar-refractivity contribution in [2.75, 3.05) is 20.7 Å². The van der Waals surface area contributed by atoms with E-state index >= 15 is 0 Å². The standard InChI is InChI=1S/C17H23F2N5O.HI/c1-4-20-17(22-11-15-21-9-10-24(15)16(18)19)23(2)12-13-7-5-6-8-14(13)25-3;/h5-10,16H,4,11-12H2,1-3H3,(H,20,22);1H. The molecular weight excluding hydrogens is 455 g/mol. The number of hydrogen-bond donors (Lipinski definition) is 1. The first-order valence-electron chi connectivity index (χ1n) is 7.98. The monoisotopic (exact) mass is 479 g/mol. The van der Waals surface area contributed by atoms with E-state index in [0.717, 1.165) is 15.9 Å². The molecule has 0 saturated carbocycles. The lowest BCUT2D eigenvalue weighted by Gasteiger charge is -2.23. The molecule has 0 unspecified atom stereocenters. The van der Waals surface area contributed by atoms with Crippen molar-refractivity contribution in [2.24, 2.45) is 4.99 Å². The zero-order valence-corrected chi connectivity index (χ0v) is 17.4. The number of halogens is 3. The molecule has 9 heteroatoms. The molecule has 0 atom stereocenters. The Bertz CT molecular complexity index is 708. The van der Waals surface area contributed by atoms with Crippen molar-refractivity contribution in [3.63, 3.8) is 0 Å². The summed E-state index contributed by atoms with van der Waals surface area (Å²) in [5, 5.41) is 3.16. The van der Waals surface area contributed by atoms with Crippen LogP contribution in [0.3, 0.4) is 0 Å². The molecule has 0 bridgehead atoms. The van der Waals surface area contributed by atoms with Crippen LogP contribution in [-0.4, -0.2) is 41.1 Å². The smallest absolute Gasteiger partial charge is 0.319 e. The maximum atomic E-state index is 12.9. The van der Waals surface area contributed by atoms with Gasteiger partial charge >= 0.3 is 6.55 Å². The number of hydrogen-bond acceptors (Lipinski definition) is 3. The molecule has 1 aromatic carbocycles. The molecule has 0 aliphatic heterocycles. The highest BCUT2D eigenvalue weighted by Crippen LogP contribution is 2.19. The van der Waals surface area contributed by atoms with E-state index in [1.807, 2.05) is 43.1 Å². The van der Waals surface area contributed by atoms with E-state index in [2.05, 4.69) is 15.3 Å². The zero-order valence-electron chi connectivity index (χ0n) is 15.0. The van der Waals surface area contributed by atoms with Crippen molar-refractivity contribution in [2.45, 2.75) is 26.6 Å². The first kappa shape index (κ1) is 22.1. The van der Waals surface area contributed by atoms with E-state index < -0.39 is 6.55 Å². The third kappa shape index (κ3) is 5.82. The normalized spacial score (nSPS) is 11.2. The fourth-order valence-corrected chi connectivity index (χ4v) is 2.42. The molecule has 26 heavy (non-hydrogen) atoms. The second kappa shape index (κ2) is 10.9. The molecule has 0 amide bonds. The first-order valence-corrected chi connectivity index (χ1v) is 7.98. The number of methoxy groups -OCH3 is 1. The van der Waals surface area contributed by atoms with Gasteiger partial charge in [0.1, 0.15) is 18.1 Å². The topological polar surface area (TPSA) is 54.7 Å². The molecule has 1 N–H and O–H groups in total. The molecule has 1 aromatic heterocycles. The third-order valence-electron chi connectivity index (χ3n) is 3.63. The Balaban J connectivity index is 0.00000338. The Morgan fingerprint density at radius 2 is 2.12 bits per heavy atom. The van der Waals surface area contributed by atoms with Crippen LogP contribution < -0.4 is 10.1 Å². The summed E-state index contributed by atoms with van der Waals surface area (Å²) in [7, 11) is 3.51. The van der Waals surface area contributed by atoms with Gasteiger partial charge in [-0.1, -0.05) is 18.2 Å². The lowest BCUT2D eigenvalue weighted by molar-refractivity contribution is 0.0671. The van der Waals surface area contributed by atoms with Crippen molar-refractivity contribution in [3.8, 4) is 5.75 Å². The maximum Gasteiger partial charge on any atom is 0.319 e.